The van der Waals surface area contributed by atoms with Crippen LogP contribution in [0.25, 0.3) is 0 Å². The number of nitrogens with zero attached hydrogens (tertiary/aromatic N) is 2. The van der Waals surface area contributed by atoms with E-state index in [1.165, 1.54) is 5.56 Å². The topological polar surface area (TPSA) is 23.6 Å². The molecule has 1 aromatic rings. The molecule has 0 aliphatic carbocycles. The van der Waals surface area contributed by atoms with Crippen LogP contribution in [-0.4, -0.2) is 28.7 Å². The fourth-order valence-corrected chi connectivity index (χ4v) is 1.83. The second-order valence-corrected chi connectivity index (χ2v) is 4.51. The Morgan fingerprint density at radius 2 is 1.79 bits per heavy atom. The van der Waals surface area contributed by atoms with Crippen molar-refractivity contribution in [2.45, 2.75) is 20.3 Å². The fraction of sp³-hybridized carbons (Fsp3) is 0.333. The van der Waals surface area contributed by atoms with Gasteiger partial charge in [0, 0.05) is 5.56 Å². The lowest BCUT2D eigenvalue weighted by Gasteiger charge is -2.04. The quantitative estimate of drug-likeness (QED) is 0.548. The number of aryl methyl sites for hydroxylation is 1. The summed E-state index contributed by atoms with van der Waals surface area (Å²) in [7, 11) is 0. The summed E-state index contributed by atoms with van der Waals surface area (Å²) in [5, 5.41) is 0. The van der Waals surface area contributed by atoms with Crippen molar-refractivity contribution in [3.8, 4) is 0 Å². The van der Waals surface area contributed by atoms with Gasteiger partial charge in [0.15, 0.2) is 5.78 Å². The van der Waals surface area contributed by atoms with Gasteiger partial charge in [-0.05, 0) is 13.3 Å². The molecule has 1 aromatic carbocycles. The average Bonchev–Trinajstić information content (AvgIpc) is 2.78. The Hall–Kier alpha value is -1.42. The van der Waals surface area contributed by atoms with E-state index in [0.717, 1.165) is 18.5 Å². The van der Waals surface area contributed by atoms with Gasteiger partial charge in [0.1, 0.15) is 6.54 Å². The van der Waals surface area contributed by atoms with E-state index in [1.807, 2.05) is 48.5 Å². The van der Waals surface area contributed by atoms with Crippen LogP contribution in [0.15, 0.2) is 36.7 Å². The van der Waals surface area contributed by atoms with Gasteiger partial charge in [0.05, 0.1) is 18.9 Å². The molecule has 1 aliphatic heterocycles. The summed E-state index contributed by atoms with van der Waals surface area (Å²) >= 11 is 0. The zero-order chi connectivity index (χ0) is 13.0. The molecule has 19 heavy (non-hydrogen) atoms. The second-order valence-electron chi connectivity index (χ2n) is 4.51. The van der Waals surface area contributed by atoms with Crippen LogP contribution in [0.1, 0.15) is 29.3 Å². The molecule has 0 unspecified atom stereocenters. The monoisotopic (exact) mass is 321 g/mol. The summed E-state index contributed by atoms with van der Waals surface area (Å²) in [5.41, 5.74) is 1.92. The summed E-state index contributed by atoms with van der Waals surface area (Å²) in [6.07, 6.45) is 4.91. The standard InChI is InChI=1S/C15H18N2O.BrH/c1-3-8-16-9-10-17(12-16)11-15(18)14-6-4-13(2)5-7-14;/h4-7,9-10H,3,8,11H2,1-2H3;1H/q+1;/p-1. The summed E-state index contributed by atoms with van der Waals surface area (Å²) in [6, 6.07) is 7.68. The molecule has 0 bridgehead atoms. The summed E-state index contributed by atoms with van der Waals surface area (Å²) in [6.45, 7) is 8.56. The molecule has 0 saturated carbocycles. The number of benzene rings is 1. The average molecular weight is 322 g/mol. The maximum atomic E-state index is 12.0. The van der Waals surface area contributed by atoms with Gasteiger partial charge in [-0.15, -0.1) is 9.80 Å². The maximum Gasteiger partial charge on any atom is 0.564 e. The van der Waals surface area contributed by atoms with Gasteiger partial charge in [-0.1, -0.05) is 36.8 Å². The highest BCUT2D eigenvalue weighted by Gasteiger charge is 2.32. The highest BCUT2D eigenvalue weighted by Crippen LogP contribution is 2.13. The summed E-state index contributed by atoms with van der Waals surface area (Å²) in [5.74, 6) is 0.116. The molecule has 0 N–H and O–H groups in total. The Kier molecular flexibility index (Phi) is 5.96. The molecular weight excluding hydrogens is 304 g/mol. The van der Waals surface area contributed by atoms with E-state index in [4.69, 9.17) is 0 Å². The van der Waals surface area contributed by atoms with Crippen molar-refractivity contribution in [2.24, 2.45) is 0 Å². The Bertz CT molecular complexity index is 442. The third kappa shape index (κ3) is 4.31. The number of hydrogen-bond acceptors (Lipinski definition) is 3. The third-order valence-electron chi connectivity index (χ3n) is 2.84. The number of Topliss-reactive ketones (excluding diaryl/α,β-unsaturated/α-hetero) is 1. The predicted molar refractivity (Wildman–Crippen MR) is 71.6 cm³/mol. The maximum absolute atomic E-state index is 12.0. The number of rotatable bonds is 5. The SMILES string of the molecule is CCCN1[C+]N(CC(=O)c2ccc(C)cc2)C=C1.[Br-]. The Labute approximate surface area is 125 Å². The zero-order valence-electron chi connectivity index (χ0n) is 11.3. The van der Waals surface area contributed by atoms with Crippen LogP contribution < -0.4 is 17.0 Å². The highest BCUT2D eigenvalue weighted by molar-refractivity contribution is 5.97. The Morgan fingerprint density at radius 3 is 2.42 bits per heavy atom. The first-order valence-electron chi connectivity index (χ1n) is 6.27. The number of halogens is 1. The Balaban J connectivity index is 0.00000180. The van der Waals surface area contributed by atoms with E-state index in [-0.39, 0.29) is 22.8 Å². The van der Waals surface area contributed by atoms with Crippen molar-refractivity contribution in [2.75, 3.05) is 13.1 Å². The smallest absolute Gasteiger partial charge is 0.564 e. The van der Waals surface area contributed by atoms with E-state index in [2.05, 4.69) is 13.6 Å². The van der Waals surface area contributed by atoms with Crippen LogP contribution in [0.5, 0.6) is 0 Å². The minimum absolute atomic E-state index is 0. The number of hydrogen-bond donors (Lipinski definition) is 0. The molecule has 1 radical (unpaired) electrons. The molecule has 0 atom stereocenters. The van der Waals surface area contributed by atoms with Crippen molar-refractivity contribution in [1.29, 1.82) is 0 Å². The van der Waals surface area contributed by atoms with Gasteiger partial charge >= 0.3 is 6.67 Å². The lowest BCUT2D eigenvalue weighted by atomic mass is 10.1. The van der Waals surface area contributed by atoms with Gasteiger partial charge in [-0.2, -0.15) is 0 Å². The number of carbonyl (C=O) groups excluding carboxylic acids is 1. The molecule has 0 aromatic heterocycles. The molecular formula is C15H18BrN2O. The van der Waals surface area contributed by atoms with E-state index < -0.39 is 0 Å². The number of carbonyl (C=O) groups is 1. The van der Waals surface area contributed by atoms with E-state index >= 15 is 0 Å². The van der Waals surface area contributed by atoms with Crippen LogP contribution in [0.2, 0.25) is 0 Å². The lowest BCUT2D eigenvalue weighted by Crippen LogP contribution is -3.00. The lowest BCUT2D eigenvalue weighted by molar-refractivity contribution is -0.0000117. The van der Waals surface area contributed by atoms with E-state index in [9.17, 15) is 4.79 Å². The highest BCUT2D eigenvalue weighted by atomic mass is 79.9. The number of ketones is 1. The molecule has 0 amide bonds. The van der Waals surface area contributed by atoms with E-state index in [0.29, 0.717) is 6.54 Å². The molecule has 0 fully saturated rings. The first-order valence-corrected chi connectivity index (χ1v) is 6.27. The van der Waals surface area contributed by atoms with Crippen molar-refractivity contribution < 1.29 is 21.8 Å². The van der Waals surface area contributed by atoms with Crippen molar-refractivity contribution >= 4 is 5.78 Å². The van der Waals surface area contributed by atoms with Crippen molar-refractivity contribution in [1.82, 2.24) is 9.80 Å². The predicted octanol–water partition coefficient (Wildman–Crippen LogP) is -0.323. The molecule has 101 valence electrons. The first-order chi connectivity index (χ1) is 8.69. The van der Waals surface area contributed by atoms with Gasteiger partial charge in [-0.25, -0.2) is 0 Å². The van der Waals surface area contributed by atoms with Gasteiger partial charge in [0.2, 0.25) is 0 Å². The molecule has 4 heteroatoms. The zero-order valence-corrected chi connectivity index (χ0v) is 12.9. The van der Waals surface area contributed by atoms with Crippen LogP contribution in [0.4, 0.5) is 0 Å². The second kappa shape index (κ2) is 7.24. The molecule has 1 aliphatic rings. The molecule has 2 rings (SSSR count). The third-order valence-corrected chi connectivity index (χ3v) is 2.84. The first kappa shape index (κ1) is 15.6. The Morgan fingerprint density at radius 1 is 1.16 bits per heavy atom. The van der Waals surface area contributed by atoms with Crippen LogP contribution in [0.3, 0.4) is 0 Å². The molecule has 0 spiro atoms. The van der Waals surface area contributed by atoms with Crippen LogP contribution >= 0.6 is 0 Å². The van der Waals surface area contributed by atoms with Gasteiger partial charge in [0.25, 0.3) is 0 Å². The van der Waals surface area contributed by atoms with Gasteiger partial charge in [-0.3, -0.25) is 4.79 Å². The minimum Gasteiger partial charge on any atom is -1.00 e. The van der Waals surface area contributed by atoms with Crippen LogP contribution in [-0.2, 0) is 0 Å². The van der Waals surface area contributed by atoms with Crippen molar-refractivity contribution in [3.63, 3.8) is 0 Å². The molecule has 3 nitrogen and oxygen atoms in total. The van der Waals surface area contributed by atoms with E-state index in [1.54, 1.807) is 4.90 Å². The molecule has 0 saturated heterocycles. The summed E-state index contributed by atoms with van der Waals surface area (Å²) < 4.78 is 0. The largest absolute Gasteiger partial charge is 1.00 e. The minimum atomic E-state index is 0. The van der Waals surface area contributed by atoms with Crippen LogP contribution in [0, 0.1) is 13.6 Å². The fourth-order valence-electron chi connectivity index (χ4n) is 1.83. The van der Waals surface area contributed by atoms with Crippen molar-refractivity contribution in [3.05, 3.63) is 54.5 Å². The summed E-state index contributed by atoms with van der Waals surface area (Å²) in [4.78, 5) is 15.8. The molecule has 1 heterocycles. The van der Waals surface area contributed by atoms with Gasteiger partial charge < -0.3 is 17.0 Å². The normalized spacial score (nSPS) is 13.2.